The van der Waals surface area contributed by atoms with Crippen molar-refractivity contribution in [2.24, 2.45) is 0 Å². The smallest absolute Gasteiger partial charge is 0.234 e. The molecule has 0 aliphatic heterocycles. The topological polar surface area (TPSA) is 81.9 Å². The second-order valence-corrected chi connectivity index (χ2v) is 8.99. The van der Waals surface area contributed by atoms with Crippen LogP contribution in [0, 0.1) is 0 Å². The molecule has 2 heterocycles. The Kier molecular flexibility index (Phi) is 8.15. The minimum Gasteiger partial charge on any atom is -0.494 e. The average Bonchev–Trinajstić information content (AvgIpc) is 3.32. The number of hydrogen-bond donors (Lipinski definition) is 1. The Morgan fingerprint density at radius 1 is 1.06 bits per heavy atom. The van der Waals surface area contributed by atoms with Crippen LogP contribution < -0.4 is 10.1 Å². The van der Waals surface area contributed by atoms with Gasteiger partial charge in [-0.25, -0.2) is 0 Å². The molecule has 0 radical (unpaired) electrons. The maximum absolute atomic E-state index is 12.9. The van der Waals surface area contributed by atoms with Crippen LogP contribution >= 0.6 is 11.8 Å². The van der Waals surface area contributed by atoms with Gasteiger partial charge in [0.05, 0.1) is 12.4 Å². The third-order valence-electron chi connectivity index (χ3n) is 5.67. The number of pyridine rings is 1. The maximum Gasteiger partial charge on any atom is 0.234 e. The molecule has 4 rings (SSSR count). The van der Waals surface area contributed by atoms with Gasteiger partial charge in [0.1, 0.15) is 5.75 Å². The summed E-state index contributed by atoms with van der Waals surface area (Å²) in [5, 5.41) is 12.5. The number of rotatable bonds is 10. The van der Waals surface area contributed by atoms with Gasteiger partial charge in [-0.15, -0.1) is 10.2 Å². The number of thioether (sulfide) groups is 1. The molecule has 35 heavy (non-hydrogen) atoms. The largest absolute Gasteiger partial charge is 0.494 e. The fraction of sp³-hybridized carbons (Fsp3) is 0.259. The van der Waals surface area contributed by atoms with Crippen molar-refractivity contribution in [2.75, 3.05) is 17.7 Å². The van der Waals surface area contributed by atoms with E-state index in [9.17, 15) is 4.79 Å². The standard InChI is InChI=1S/C27H29N5O2S/c1-4-19(3)23-10-6-7-11-24(23)29-25(33)18-35-27-31-30-26(20-9-8-16-28-17-20)32(27)21-12-14-22(15-13-21)34-5-2/h6-17,19H,4-5,18H2,1-3H3,(H,29,33). The first-order chi connectivity index (χ1) is 17.1. The number of nitrogens with one attached hydrogen (secondary N) is 1. The molecule has 0 aliphatic carbocycles. The third-order valence-corrected chi connectivity index (χ3v) is 6.60. The SMILES string of the molecule is CCOc1ccc(-n2c(SCC(=O)Nc3ccccc3C(C)CC)nnc2-c2cccnc2)cc1. The molecule has 8 heteroatoms. The van der Waals surface area contributed by atoms with Crippen molar-refractivity contribution >= 4 is 23.4 Å². The number of carbonyl (C=O) groups is 1. The van der Waals surface area contributed by atoms with Gasteiger partial charge in [-0.3, -0.25) is 14.3 Å². The highest BCUT2D eigenvalue weighted by molar-refractivity contribution is 7.99. The van der Waals surface area contributed by atoms with Gasteiger partial charge < -0.3 is 10.1 Å². The van der Waals surface area contributed by atoms with Crippen LogP contribution in [0.2, 0.25) is 0 Å². The summed E-state index contributed by atoms with van der Waals surface area (Å²) in [4.78, 5) is 17.1. The molecule has 1 atom stereocenters. The van der Waals surface area contributed by atoms with E-state index in [0.717, 1.165) is 34.7 Å². The molecule has 1 N–H and O–H groups in total. The molecule has 0 saturated carbocycles. The molecule has 1 amide bonds. The van der Waals surface area contributed by atoms with Crippen molar-refractivity contribution in [3.63, 3.8) is 0 Å². The van der Waals surface area contributed by atoms with Crippen LogP contribution in [-0.4, -0.2) is 38.0 Å². The van der Waals surface area contributed by atoms with Crippen LogP contribution in [0.5, 0.6) is 5.75 Å². The number of aromatic nitrogens is 4. The van der Waals surface area contributed by atoms with Crippen molar-refractivity contribution < 1.29 is 9.53 Å². The lowest BCUT2D eigenvalue weighted by atomic mass is 9.97. The summed E-state index contributed by atoms with van der Waals surface area (Å²) in [5.74, 6) is 1.93. The highest BCUT2D eigenvalue weighted by Gasteiger charge is 2.18. The van der Waals surface area contributed by atoms with Gasteiger partial charge in [0.25, 0.3) is 0 Å². The molecule has 0 saturated heterocycles. The van der Waals surface area contributed by atoms with E-state index in [0.29, 0.717) is 23.5 Å². The number of para-hydroxylation sites is 1. The van der Waals surface area contributed by atoms with Crippen molar-refractivity contribution in [2.45, 2.75) is 38.3 Å². The zero-order valence-electron chi connectivity index (χ0n) is 20.1. The lowest BCUT2D eigenvalue weighted by molar-refractivity contribution is -0.113. The molecule has 0 spiro atoms. The summed E-state index contributed by atoms with van der Waals surface area (Å²) in [5.41, 5.74) is 3.72. The first kappa shape index (κ1) is 24.5. The summed E-state index contributed by atoms with van der Waals surface area (Å²) in [7, 11) is 0. The van der Waals surface area contributed by atoms with E-state index in [2.05, 4.69) is 40.4 Å². The Morgan fingerprint density at radius 3 is 2.57 bits per heavy atom. The van der Waals surface area contributed by atoms with Gasteiger partial charge >= 0.3 is 0 Å². The number of hydrogen-bond acceptors (Lipinski definition) is 6. The fourth-order valence-corrected chi connectivity index (χ4v) is 4.47. The van der Waals surface area contributed by atoms with E-state index in [1.165, 1.54) is 11.8 Å². The lowest BCUT2D eigenvalue weighted by Crippen LogP contribution is -2.16. The Bertz CT molecular complexity index is 1260. The summed E-state index contributed by atoms with van der Waals surface area (Å²) >= 11 is 1.34. The summed E-state index contributed by atoms with van der Waals surface area (Å²) < 4.78 is 7.53. The molecule has 0 bridgehead atoms. The first-order valence-corrected chi connectivity index (χ1v) is 12.7. The zero-order valence-corrected chi connectivity index (χ0v) is 21.0. The Hall–Kier alpha value is -3.65. The molecular weight excluding hydrogens is 458 g/mol. The molecule has 180 valence electrons. The van der Waals surface area contributed by atoms with Gasteiger partial charge in [0, 0.05) is 29.3 Å². The Labute approximate surface area is 210 Å². The molecule has 0 fully saturated rings. The summed E-state index contributed by atoms with van der Waals surface area (Å²) in [6.45, 7) is 6.87. The van der Waals surface area contributed by atoms with Crippen LogP contribution in [0.15, 0.2) is 78.2 Å². The number of ether oxygens (including phenoxy) is 1. The van der Waals surface area contributed by atoms with E-state index >= 15 is 0 Å². The lowest BCUT2D eigenvalue weighted by Gasteiger charge is -2.15. The van der Waals surface area contributed by atoms with Gasteiger partial charge in [-0.2, -0.15) is 0 Å². The monoisotopic (exact) mass is 487 g/mol. The normalized spacial score (nSPS) is 11.7. The molecular formula is C27H29N5O2S. The van der Waals surface area contributed by atoms with Crippen LogP contribution in [0.4, 0.5) is 5.69 Å². The summed E-state index contributed by atoms with van der Waals surface area (Å²) in [6.07, 6.45) is 4.48. The van der Waals surface area contributed by atoms with Gasteiger partial charge in [0.15, 0.2) is 11.0 Å². The second-order valence-electron chi connectivity index (χ2n) is 8.04. The van der Waals surface area contributed by atoms with E-state index in [-0.39, 0.29) is 11.7 Å². The quantitative estimate of drug-likeness (QED) is 0.278. The zero-order chi connectivity index (χ0) is 24.6. The minimum atomic E-state index is -0.0880. The minimum absolute atomic E-state index is 0.0880. The molecule has 7 nitrogen and oxygen atoms in total. The van der Waals surface area contributed by atoms with E-state index in [1.54, 1.807) is 12.4 Å². The molecule has 0 aliphatic rings. The molecule has 2 aromatic heterocycles. The number of nitrogens with zero attached hydrogens (tertiary/aromatic N) is 4. The number of amides is 1. The van der Waals surface area contributed by atoms with Gasteiger partial charge in [-0.1, -0.05) is 43.8 Å². The van der Waals surface area contributed by atoms with Crippen LogP contribution in [0.3, 0.4) is 0 Å². The van der Waals surface area contributed by atoms with E-state index in [4.69, 9.17) is 4.74 Å². The van der Waals surface area contributed by atoms with Crippen LogP contribution in [-0.2, 0) is 4.79 Å². The van der Waals surface area contributed by atoms with Crippen LogP contribution in [0.25, 0.3) is 17.1 Å². The molecule has 4 aromatic rings. The highest BCUT2D eigenvalue weighted by atomic mass is 32.2. The predicted molar refractivity (Wildman–Crippen MR) is 140 cm³/mol. The predicted octanol–water partition coefficient (Wildman–Crippen LogP) is 5.97. The van der Waals surface area contributed by atoms with Crippen molar-refractivity contribution in [1.29, 1.82) is 0 Å². The van der Waals surface area contributed by atoms with Gasteiger partial charge in [-0.05, 0) is 67.3 Å². The molecule has 1 unspecified atom stereocenters. The Morgan fingerprint density at radius 2 is 1.86 bits per heavy atom. The van der Waals surface area contributed by atoms with Crippen molar-refractivity contribution in [1.82, 2.24) is 19.7 Å². The van der Waals surface area contributed by atoms with Gasteiger partial charge in [0.2, 0.25) is 5.91 Å². The van der Waals surface area contributed by atoms with E-state index in [1.807, 2.05) is 66.1 Å². The number of carbonyl (C=O) groups excluding carboxylic acids is 1. The number of anilines is 1. The maximum atomic E-state index is 12.9. The average molecular weight is 488 g/mol. The fourth-order valence-electron chi connectivity index (χ4n) is 3.71. The Balaban J connectivity index is 1.57. The highest BCUT2D eigenvalue weighted by Crippen LogP contribution is 2.30. The van der Waals surface area contributed by atoms with Crippen LogP contribution in [0.1, 0.15) is 38.7 Å². The number of benzene rings is 2. The third kappa shape index (κ3) is 5.89. The van der Waals surface area contributed by atoms with Crippen molar-refractivity contribution in [3.05, 3.63) is 78.6 Å². The van der Waals surface area contributed by atoms with Crippen molar-refractivity contribution in [3.8, 4) is 22.8 Å². The summed E-state index contributed by atoms with van der Waals surface area (Å²) in [6, 6.07) is 19.5. The first-order valence-electron chi connectivity index (χ1n) is 11.7. The van der Waals surface area contributed by atoms with E-state index < -0.39 is 0 Å². The second kappa shape index (κ2) is 11.7. The molecule has 2 aromatic carbocycles.